The number of rotatable bonds is 4. The summed E-state index contributed by atoms with van der Waals surface area (Å²) in [4.78, 5) is 13.8. The summed E-state index contributed by atoms with van der Waals surface area (Å²) in [6.07, 6.45) is 1.81. The van der Waals surface area contributed by atoms with Crippen LogP contribution in [-0.4, -0.2) is 58.1 Å². The largest absolute Gasteiger partial charge is 0.480 e. The molecule has 6 nitrogen and oxygen atoms in total. The van der Waals surface area contributed by atoms with Gasteiger partial charge in [0.25, 0.3) is 5.92 Å². The first kappa shape index (κ1) is 16.3. The van der Waals surface area contributed by atoms with Gasteiger partial charge in [-0.3, -0.25) is 9.88 Å². The molecule has 2 aliphatic rings. The molecule has 0 aromatic carbocycles. The van der Waals surface area contributed by atoms with Crippen molar-refractivity contribution in [3.63, 3.8) is 0 Å². The van der Waals surface area contributed by atoms with E-state index in [-0.39, 0.29) is 42.7 Å². The summed E-state index contributed by atoms with van der Waals surface area (Å²) in [5.74, 6) is -3.17. The Morgan fingerprint density at radius 1 is 1.32 bits per heavy atom. The number of ether oxygens (including phenoxy) is 2. The van der Waals surface area contributed by atoms with E-state index in [1.807, 2.05) is 0 Å². The van der Waals surface area contributed by atoms with E-state index in [2.05, 4.69) is 15.0 Å². The predicted molar refractivity (Wildman–Crippen MR) is 82.6 cm³/mol. The van der Waals surface area contributed by atoms with E-state index in [0.717, 1.165) is 0 Å². The van der Waals surface area contributed by atoms with Gasteiger partial charge in [0.2, 0.25) is 5.88 Å². The molecule has 25 heavy (non-hydrogen) atoms. The van der Waals surface area contributed by atoms with Gasteiger partial charge in [0.1, 0.15) is 12.1 Å². The molecule has 9 heteroatoms. The molecule has 2 aliphatic heterocycles. The molecule has 0 amide bonds. The minimum Gasteiger partial charge on any atom is -0.480 e. The van der Waals surface area contributed by atoms with Gasteiger partial charge in [0, 0.05) is 19.2 Å². The highest BCUT2D eigenvalue weighted by Crippen LogP contribution is 2.47. The van der Waals surface area contributed by atoms with Crippen molar-refractivity contribution >= 4 is 10.9 Å². The van der Waals surface area contributed by atoms with E-state index < -0.39 is 17.3 Å². The van der Waals surface area contributed by atoms with Crippen LogP contribution in [0.3, 0.4) is 0 Å². The molecule has 0 N–H and O–H groups in total. The van der Waals surface area contributed by atoms with Crippen LogP contribution < -0.4 is 9.47 Å². The number of hydrogen-bond donors (Lipinski definition) is 0. The van der Waals surface area contributed by atoms with Crippen molar-refractivity contribution in [1.29, 1.82) is 0 Å². The number of nitrogens with zero attached hydrogens (tertiary/aromatic N) is 4. The van der Waals surface area contributed by atoms with Crippen molar-refractivity contribution in [3.8, 4) is 11.9 Å². The molecule has 134 valence electrons. The van der Waals surface area contributed by atoms with E-state index in [0.29, 0.717) is 18.4 Å². The predicted octanol–water partition coefficient (Wildman–Crippen LogP) is 2.34. The van der Waals surface area contributed by atoms with Crippen LogP contribution in [0.15, 0.2) is 6.20 Å². The third-order valence-electron chi connectivity index (χ3n) is 4.99. The molecular weight excluding hydrogens is 337 g/mol. The van der Waals surface area contributed by atoms with Crippen LogP contribution in [0.2, 0.25) is 0 Å². The molecule has 0 saturated carbocycles. The monoisotopic (exact) mass is 354 g/mol. The molecule has 2 aromatic rings. The third-order valence-corrected chi connectivity index (χ3v) is 4.99. The van der Waals surface area contributed by atoms with Crippen molar-refractivity contribution in [3.05, 3.63) is 17.7 Å². The maximum atomic E-state index is 14.3. The molecule has 4 rings (SSSR count). The van der Waals surface area contributed by atoms with E-state index >= 15 is 0 Å². The van der Waals surface area contributed by atoms with Crippen LogP contribution in [0, 0.1) is 12.7 Å². The second-order valence-electron chi connectivity index (χ2n) is 6.65. The second-order valence-corrected chi connectivity index (χ2v) is 6.65. The Labute approximate surface area is 142 Å². The molecule has 0 spiro atoms. The topological polar surface area (TPSA) is 60.4 Å². The number of hydrogen-bond acceptors (Lipinski definition) is 6. The quantitative estimate of drug-likeness (QED) is 0.840. The lowest BCUT2D eigenvalue weighted by Gasteiger charge is -2.46. The molecule has 2 aromatic heterocycles. The number of methoxy groups -OCH3 is 1. The average molecular weight is 354 g/mol. The lowest BCUT2D eigenvalue weighted by molar-refractivity contribution is -0.0134. The number of fused-ring (bicyclic) bond motifs is 2. The van der Waals surface area contributed by atoms with Gasteiger partial charge in [-0.1, -0.05) is 0 Å². The third kappa shape index (κ3) is 2.57. The Bertz CT molecular complexity index is 848. The van der Waals surface area contributed by atoms with Gasteiger partial charge >= 0.3 is 6.01 Å². The Kier molecular flexibility index (Phi) is 3.54. The van der Waals surface area contributed by atoms with Crippen LogP contribution in [0.5, 0.6) is 11.9 Å². The first-order valence-electron chi connectivity index (χ1n) is 7.96. The zero-order valence-corrected chi connectivity index (χ0v) is 13.9. The summed E-state index contributed by atoms with van der Waals surface area (Å²) in [6, 6.07) is -0.0923. The molecule has 0 radical (unpaired) electrons. The summed E-state index contributed by atoms with van der Waals surface area (Å²) in [7, 11) is 1.40. The van der Waals surface area contributed by atoms with Gasteiger partial charge in [-0.05, 0) is 13.3 Å². The van der Waals surface area contributed by atoms with Gasteiger partial charge in [0.05, 0.1) is 30.3 Å². The van der Waals surface area contributed by atoms with Crippen LogP contribution in [-0.2, 0) is 0 Å². The molecular formula is C16H17F3N4O2. The van der Waals surface area contributed by atoms with Crippen molar-refractivity contribution in [2.24, 2.45) is 0 Å². The lowest BCUT2D eigenvalue weighted by atomic mass is 9.85. The smallest absolute Gasteiger partial charge is 0.320 e. The highest BCUT2D eigenvalue weighted by atomic mass is 19.3. The van der Waals surface area contributed by atoms with Crippen molar-refractivity contribution in [2.75, 3.05) is 26.8 Å². The van der Waals surface area contributed by atoms with Gasteiger partial charge in [0.15, 0.2) is 5.82 Å². The summed E-state index contributed by atoms with van der Waals surface area (Å²) in [5, 5.41) is 0.328. The van der Waals surface area contributed by atoms with Gasteiger partial charge < -0.3 is 9.47 Å². The number of halogens is 3. The minimum atomic E-state index is -2.71. The normalized spacial score (nSPS) is 24.8. The fourth-order valence-electron chi connectivity index (χ4n) is 3.59. The Balaban J connectivity index is 1.63. The molecule has 2 fully saturated rings. The zero-order chi connectivity index (χ0) is 17.8. The summed E-state index contributed by atoms with van der Waals surface area (Å²) < 4.78 is 52.4. The Morgan fingerprint density at radius 2 is 2.12 bits per heavy atom. The number of aryl methyl sites for hydroxylation is 1. The Morgan fingerprint density at radius 3 is 2.76 bits per heavy atom. The molecule has 1 atom stereocenters. The van der Waals surface area contributed by atoms with Gasteiger partial charge in [-0.15, -0.1) is 0 Å². The number of pyridine rings is 1. The standard InChI is InChI=1S/C16H17F3N4O2/c1-9-11(17)12-10(5-20-9)13(24-2)22-14(21-12)25-8-15-3-4-23(15)7-16(18,19)6-15/h5H,3-4,6-8H2,1-2H3. The van der Waals surface area contributed by atoms with Gasteiger partial charge in [-0.25, -0.2) is 13.2 Å². The fraction of sp³-hybridized carbons (Fsp3) is 0.562. The summed E-state index contributed by atoms with van der Waals surface area (Å²) >= 11 is 0. The average Bonchev–Trinajstić information content (AvgIpc) is 2.75. The maximum absolute atomic E-state index is 14.3. The molecule has 1 unspecified atom stereocenters. The lowest BCUT2D eigenvalue weighted by Crippen LogP contribution is -2.59. The minimum absolute atomic E-state index is 0.0307. The fourth-order valence-corrected chi connectivity index (χ4v) is 3.59. The maximum Gasteiger partial charge on any atom is 0.320 e. The van der Waals surface area contributed by atoms with Crippen molar-refractivity contribution < 1.29 is 22.6 Å². The van der Waals surface area contributed by atoms with Crippen LogP contribution in [0.25, 0.3) is 10.9 Å². The number of aromatic nitrogens is 3. The van der Waals surface area contributed by atoms with E-state index in [9.17, 15) is 13.2 Å². The first-order valence-corrected chi connectivity index (χ1v) is 7.96. The van der Waals surface area contributed by atoms with E-state index in [1.54, 1.807) is 4.90 Å². The molecule has 4 heterocycles. The Hall–Kier alpha value is -2.16. The molecule has 2 saturated heterocycles. The number of alkyl halides is 2. The highest BCUT2D eigenvalue weighted by Gasteiger charge is 2.59. The van der Waals surface area contributed by atoms with Crippen LogP contribution in [0.1, 0.15) is 18.5 Å². The van der Waals surface area contributed by atoms with E-state index in [4.69, 9.17) is 9.47 Å². The van der Waals surface area contributed by atoms with Gasteiger partial charge in [-0.2, -0.15) is 9.97 Å². The van der Waals surface area contributed by atoms with Crippen molar-refractivity contribution in [2.45, 2.75) is 31.2 Å². The SMILES string of the molecule is COc1nc(OCC23CCN2CC(F)(F)C3)nc2c(F)c(C)ncc12. The molecule has 0 bridgehead atoms. The highest BCUT2D eigenvalue weighted by molar-refractivity contribution is 5.83. The van der Waals surface area contributed by atoms with Crippen LogP contribution >= 0.6 is 0 Å². The van der Waals surface area contributed by atoms with Crippen molar-refractivity contribution in [1.82, 2.24) is 19.9 Å². The first-order chi connectivity index (χ1) is 11.8. The van der Waals surface area contributed by atoms with Crippen LogP contribution in [0.4, 0.5) is 13.2 Å². The molecule has 0 aliphatic carbocycles. The second kappa shape index (κ2) is 5.42. The zero-order valence-electron chi connectivity index (χ0n) is 13.9. The summed E-state index contributed by atoms with van der Waals surface area (Å²) in [6.45, 7) is 1.93. The van der Waals surface area contributed by atoms with E-state index in [1.165, 1.54) is 20.2 Å². The summed E-state index contributed by atoms with van der Waals surface area (Å²) in [5.41, 5.74) is -0.464.